The lowest BCUT2D eigenvalue weighted by Gasteiger charge is -2.05. The molecule has 0 radical (unpaired) electrons. The van der Waals surface area contributed by atoms with Gasteiger partial charge < -0.3 is 5.32 Å². The molecule has 17 heavy (non-hydrogen) atoms. The third-order valence-electron chi connectivity index (χ3n) is 1.72. The second-order valence-corrected chi connectivity index (χ2v) is 4.63. The second-order valence-electron chi connectivity index (χ2n) is 3.71. The van der Waals surface area contributed by atoms with E-state index in [1.165, 1.54) is 12.1 Å². The molecule has 0 saturated carbocycles. The Bertz CT molecular complexity index is 435. The van der Waals surface area contributed by atoms with Crippen molar-refractivity contribution in [2.24, 2.45) is 11.0 Å². The molecule has 0 aliphatic carbocycles. The zero-order valence-electron chi connectivity index (χ0n) is 9.50. The summed E-state index contributed by atoms with van der Waals surface area (Å²) in [5, 5.41) is 6.05. The number of rotatable bonds is 3. The molecule has 0 unspecified atom stereocenters. The monoisotopic (exact) mass is 301 g/mol. The van der Waals surface area contributed by atoms with Crippen LogP contribution in [0, 0.1) is 11.7 Å². The zero-order valence-corrected chi connectivity index (χ0v) is 11.1. The molecule has 1 aromatic carbocycles. The molecule has 92 valence electrons. The van der Waals surface area contributed by atoms with Crippen molar-refractivity contribution < 1.29 is 9.18 Å². The first-order chi connectivity index (χ1) is 7.99. The number of anilines is 1. The van der Waals surface area contributed by atoms with Gasteiger partial charge in [0.2, 0.25) is 0 Å². The molecule has 0 fully saturated rings. The number of nitrogens with zero attached hydrogens (tertiary/aromatic N) is 1. The Labute approximate surface area is 107 Å². The highest BCUT2D eigenvalue weighted by atomic mass is 79.9. The van der Waals surface area contributed by atoms with Crippen LogP contribution < -0.4 is 10.7 Å². The average Bonchev–Trinajstić information content (AvgIpc) is 2.21. The van der Waals surface area contributed by atoms with E-state index in [9.17, 15) is 9.18 Å². The Morgan fingerprint density at radius 3 is 2.82 bits per heavy atom. The van der Waals surface area contributed by atoms with Crippen molar-refractivity contribution in [2.45, 2.75) is 13.8 Å². The third kappa shape index (κ3) is 4.95. The van der Waals surface area contributed by atoms with Crippen LogP contribution in [0.2, 0.25) is 0 Å². The number of carbonyl (C=O) groups is 1. The van der Waals surface area contributed by atoms with E-state index in [-0.39, 0.29) is 11.6 Å². The maximum absolute atomic E-state index is 13.4. The van der Waals surface area contributed by atoms with Gasteiger partial charge in [0, 0.05) is 10.7 Å². The van der Waals surface area contributed by atoms with Gasteiger partial charge in [-0.25, -0.2) is 14.6 Å². The SMILES string of the molecule is CC(C)/C=N/NC(=O)Nc1ccc(Br)cc1F. The molecule has 0 aliphatic heterocycles. The summed E-state index contributed by atoms with van der Waals surface area (Å²) >= 11 is 3.13. The van der Waals surface area contributed by atoms with Gasteiger partial charge in [-0.3, -0.25) is 0 Å². The molecule has 0 aromatic heterocycles. The molecule has 0 saturated heterocycles. The quantitative estimate of drug-likeness (QED) is 0.653. The molecular formula is C11H13BrFN3O. The van der Waals surface area contributed by atoms with E-state index in [0.717, 1.165) is 0 Å². The third-order valence-corrected chi connectivity index (χ3v) is 2.21. The predicted octanol–water partition coefficient (Wildman–Crippen LogP) is 3.35. The maximum atomic E-state index is 13.4. The summed E-state index contributed by atoms with van der Waals surface area (Å²) in [7, 11) is 0. The number of nitrogens with one attached hydrogen (secondary N) is 2. The number of urea groups is 1. The number of benzene rings is 1. The average molecular weight is 302 g/mol. The summed E-state index contributed by atoms with van der Waals surface area (Å²) in [6.45, 7) is 3.86. The van der Waals surface area contributed by atoms with Crippen molar-refractivity contribution in [3.63, 3.8) is 0 Å². The first kappa shape index (κ1) is 13.6. The maximum Gasteiger partial charge on any atom is 0.339 e. The zero-order chi connectivity index (χ0) is 12.8. The summed E-state index contributed by atoms with van der Waals surface area (Å²) < 4.78 is 14.0. The minimum absolute atomic E-state index is 0.102. The van der Waals surface area contributed by atoms with Crippen molar-refractivity contribution in [1.82, 2.24) is 5.43 Å². The van der Waals surface area contributed by atoms with Crippen LogP contribution in [0.25, 0.3) is 0 Å². The Morgan fingerprint density at radius 2 is 2.24 bits per heavy atom. The highest BCUT2D eigenvalue weighted by Crippen LogP contribution is 2.18. The fraction of sp³-hybridized carbons (Fsp3) is 0.273. The number of hydrogen-bond acceptors (Lipinski definition) is 2. The van der Waals surface area contributed by atoms with E-state index in [0.29, 0.717) is 4.47 Å². The number of carbonyl (C=O) groups excluding carboxylic acids is 1. The highest BCUT2D eigenvalue weighted by molar-refractivity contribution is 9.10. The van der Waals surface area contributed by atoms with Crippen LogP contribution in [0.1, 0.15) is 13.8 Å². The largest absolute Gasteiger partial charge is 0.339 e. The van der Waals surface area contributed by atoms with E-state index in [2.05, 4.69) is 31.8 Å². The molecule has 2 amide bonds. The smallest absolute Gasteiger partial charge is 0.304 e. The first-order valence-corrected chi connectivity index (χ1v) is 5.83. The Morgan fingerprint density at radius 1 is 1.53 bits per heavy atom. The van der Waals surface area contributed by atoms with Gasteiger partial charge >= 0.3 is 6.03 Å². The molecule has 0 atom stereocenters. The van der Waals surface area contributed by atoms with E-state index >= 15 is 0 Å². The predicted molar refractivity (Wildman–Crippen MR) is 69.6 cm³/mol. The molecule has 0 bridgehead atoms. The van der Waals surface area contributed by atoms with Crippen LogP contribution >= 0.6 is 15.9 Å². The van der Waals surface area contributed by atoms with Crippen LogP contribution in [0.5, 0.6) is 0 Å². The van der Waals surface area contributed by atoms with E-state index < -0.39 is 11.8 Å². The number of amides is 2. The van der Waals surface area contributed by atoms with Crippen LogP contribution in [-0.2, 0) is 0 Å². The van der Waals surface area contributed by atoms with Gasteiger partial charge in [-0.2, -0.15) is 5.10 Å². The van der Waals surface area contributed by atoms with Crippen LogP contribution in [0.3, 0.4) is 0 Å². The number of hydrazone groups is 1. The highest BCUT2D eigenvalue weighted by Gasteiger charge is 2.05. The van der Waals surface area contributed by atoms with Gasteiger partial charge in [-0.15, -0.1) is 0 Å². The van der Waals surface area contributed by atoms with Gasteiger partial charge in [0.1, 0.15) is 5.82 Å². The normalized spacial score (nSPS) is 10.9. The summed E-state index contributed by atoms with van der Waals surface area (Å²) in [6, 6.07) is 3.79. The number of hydrogen-bond donors (Lipinski definition) is 2. The fourth-order valence-corrected chi connectivity index (χ4v) is 1.32. The molecule has 1 rings (SSSR count). The lowest BCUT2D eigenvalue weighted by molar-refractivity contribution is 0.252. The lowest BCUT2D eigenvalue weighted by Crippen LogP contribution is -2.24. The van der Waals surface area contributed by atoms with E-state index in [4.69, 9.17) is 0 Å². The molecule has 6 heteroatoms. The van der Waals surface area contributed by atoms with Crippen LogP contribution in [0.15, 0.2) is 27.8 Å². The molecule has 2 N–H and O–H groups in total. The Kier molecular flexibility index (Phi) is 5.09. The minimum atomic E-state index is -0.580. The summed E-state index contributed by atoms with van der Waals surface area (Å²) in [6.07, 6.45) is 1.58. The summed E-state index contributed by atoms with van der Waals surface area (Å²) in [5.74, 6) is -0.276. The Hall–Kier alpha value is -1.43. The summed E-state index contributed by atoms with van der Waals surface area (Å²) in [5.41, 5.74) is 2.35. The van der Waals surface area contributed by atoms with E-state index in [1.807, 2.05) is 13.8 Å². The van der Waals surface area contributed by atoms with Crippen LogP contribution in [0.4, 0.5) is 14.9 Å². The number of halogens is 2. The lowest BCUT2D eigenvalue weighted by atomic mass is 10.3. The van der Waals surface area contributed by atoms with Gasteiger partial charge in [-0.05, 0) is 24.1 Å². The summed E-state index contributed by atoms with van der Waals surface area (Å²) in [4.78, 5) is 11.3. The van der Waals surface area contributed by atoms with Crippen molar-refractivity contribution in [2.75, 3.05) is 5.32 Å². The minimum Gasteiger partial charge on any atom is -0.304 e. The van der Waals surface area contributed by atoms with Gasteiger partial charge in [0.15, 0.2) is 0 Å². The Balaban J connectivity index is 2.56. The molecule has 0 spiro atoms. The van der Waals surface area contributed by atoms with Gasteiger partial charge in [0.25, 0.3) is 0 Å². The molecular weight excluding hydrogens is 289 g/mol. The van der Waals surface area contributed by atoms with Gasteiger partial charge in [0.05, 0.1) is 5.69 Å². The van der Waals surface area contributed by atoms with Crippen molar-refractivity contribution in [1.29, 1.82) is 0 Å². The molecule has 1 aromatic rings. The topological polar surface area (TPSA) is 53.5 Å². The standard InChI is InChI=1S/C11H13BrFN3O/c1-7(2)6-14-16-11(17)15-10-4-3-8(12)5-9(10)13/h3-7H,1-2H3,(H2,15,16,17)/b14-6+. The van der Waals surface area contributed by atoms with Gasteiger partial charge in [-0.1, -0.05) is 29.8 Å². The van der Waals surface area contributed by atoms with Crippen molar-refractivity contribution in [3.05, 3.63) is 28.5 Å². The van der Waals surface area contributed by atoms with Crippen LogP contribution in [-0.4, -0.2) is 12.2 Å². The molecule has 0 heterocycles. The van der Waals surface area contributed by atoms with E-state index in [1.54, 1.807) is 12.3 Å². The van der Waals surface area contributed by atoms with Crippen molar-refractivity contribution in [3.8, 4) is 0 Å². The fourth-order valence-electron chi connectivity index (χ4n) is 0.986. The second kappa shape index (κ2) is 6.34. The molecule has 4 nitrogen and oxygen atoms in total. The first-order valence-electron chi connectivity index (χ1n) is 5.04. The van der Waals surface area contributed by atoms with Crippen molar-refractivity contribution >= 4 is 33.9 Å². The molecule has 0 aliphatic rings.